The number of nitrogens with zero attached hydrogens (tertiary/aromatic N) is 2. The van der Waals surface area contributed by atoms with Crippen LogP contribution in [0.15, 0.2) is 70.4 Å². The van der Waals surface area contributed by atoms with Gasteiger partial charge in [0.2, 0.25) is 10.0 Å². The molecule has 1 aromatic heterocycles. The average molecular weight is 442 g/mol. The van der Waals surface area contributed by atoms with Gasteiger partial charge in [-0.2, -0.15) is 5.10 Å². The highest BCUT2D eigenvalue weighted by atomic mass is 32.2. The van der Waals surface area contributed by atoms with E-state index in [0.717, 1.165) is 16.9 Å². The first-order valence-electron chi connectivity index (χ1n) is 9.93. The van der Waals surface area contributed by atoms with E-state index in [1.807, 2.05) is 36.4 Å². The van der Waals surface area contributed by atoms with Gasteiger partial charge in [0.25, 0.3) is 5.56 Å². The molecule has 0 aliphatic heterocycles. The van der Waals surface area contributed by atoms with Crippen LogP contribution in [0.1, 0.15) is 26.3 Å². The molecular weight excluding hydrogens is 414 g/mol. The first-order valence-corrected chi connectivity index (χ1v) is 11.4. The Bertz CT molecular complexity index is 1190. The summed E-state index contributed by atoms with van der Waals surface area (Å²) in [7, 11) is -2.09. The Kier molecular flexibility index (Phi) is 6.62. The van der Waals surface area contributed by atoms with E-state index in [1.54, 1.807) is 25.3 Å². The van der Waals surface area contributed by atoms with Gasteiger partial charge < -0.3 is 4.74 Å². The second-order valence-electron chi connectivity index (χ2n) is 8.18. The lowest BCUT2D eigenvalue weighted by Crippen LogP contribution is -2.32. The standard InChI is InChI=1S/C23H27N3O4S/c1-23(2,3)18-7-11-20(12-8-18)31(28,29)24-15-16-26-22(27)14-13-21(25-26)17-5-9-19(30-4)10-6-17/h5-14,24H,15-16H2,1-4H3. The van der Waals surface area contributed by atoms with Crippen LogP contribution in [0.3, 0.4) is 0 Å². The van der Waals surface area contributed by atoms with Gasteiger partial charge in [-0.05, 0) is 53.4 Å². The summed E-state index contributed by atoms with van der Waals surface area (Å²) in [6.45, 7) is 6.36. The summed E-state index contributed by atoms with van der Waals surface area (Å²) in [4.78, 5) is 12.4. The van der Waals surface area contributed by atoms with E-state index < -0.39 is 10.0 Å². The van der Waals surface area contributed by atoms with Crippen LogP contribution in [0.2, 0.25) is 0 Å². The molecule has 0 atom stereocenters. The van der Waals surface area contributed by atoms with E-state index in [0.29, 0.717) is 5.69 Å². The molecule has 0 saturated carbocycles. The monoisotopic (exact) mass is 441 g/mol. The van der Waals surface area contributed by atoms with Crippen molar-refractivity contribution in [1.82, 2.24) is 14.5 Å². The van der Waals surface area contributed by atoms with Crippen molar-refractivity contribution in [2.24, 2.45) is 0 Å². The third-order valence-electron chi connectivity index (χ3n) is 4.90. The minimum atomic E-state index is -3.68. The number of methoxy groups -OCH3 is 1. The summed E-state index contributed by atoms with van der Waals surface area (Å²) in [5.74, 6) is 0.724. The average Bonchev–Trinajstić information content (AvgIpc) is 2.74. The molecule has 164 valence electrons. The third kappa shape index (κ3) is 5.59. The molecule has 0 unspecified atom stereocenters. The predicted octanol–water partition coefficient (Wildman–Crippen LogP) is 3.19. The number of ether oxygens (including phenoxy) is 1. The number of rotatable bonds is 7. The van der Waals surface area contributed by atoms with Gasteiger partial charge in [-0.3, -0.25) is 4.79 Å². The van der Waals surface area contributed by atoms with Crippen molar-refractivity contribution in [3.05, 3.63) is 76.6 Å². The van der Waals surface area contributed by atoms with E-state index >= 15 is 0 Å². The fourth-order valence-electron chi connectivity index (χ4n) is 3.03. The van der Waals surface area contributed by atoms with E-state index in [9.17, 15) is 13.2 Å². The molecule has 3 rings (SSSR count). The molecule has 8 heteroatoms. The Morgan fingerprint density at radius 2 is 1.61 bits per heavy atom. The second kappa shape index (κ2) is 9.03. The third-order valence-corrected chi connectivity index (χ3v) is 6.38. The molecule has 0 aliphatic rings. The number of hydrogen-bond acceptors (Lipinski definition) is 5. The number of benzene rings is 2. The Morgan fingerprint density at radius 3 is 2.19 bits per heavy atom. The molecule has 1 heterocycles. The highest BCUT2D eigenvalue weighted by molar-refractivity contribution is 7.89. The summed E-state index contributed by atoms with van der Waals surface area (Å²) in [6.07, 6.45) is 0. The minimum Gasteiger partial charge on any atom is -0.497 e. The van der Waals surface area contributed by atoms with Crippen LogP contribution >= 0.6 is 0 Å². The zero-order chi connectivity index (χ0) is 22.6. The van der Waals surface area contributed by atoms with E-state index in [2.05, 4.69) is 30.6 Å². The minimum absolute atomic E-state index is 0.0440. The van der Waals surface area contributed by atoms with Gasteiger partial charge in [0.15, 0.2) is 0 Å². The molecule has 0 aliphatic carbocycles. The predicted molar refractivity (Wildman–Crippen MR) is 121 cm³/mol. The molecular formula is C23H27N3O4S. The summed E-state index contributed by atoms with van der Waals surface area (Å²) in [5, 5.41) is 4.36. The van der Waals surface area contributed by atoms with Crippen molar-refractivity contribution >= 4 is 10.0 Å². The zero-order valence-electron chi connectivity index (χ0n) is 18.1. The lowest BCUT2D eigenvalue weighted by Gasteiger charge is -2.19. The fourth-order valence-corrected chi connectivity index (χ4v) is 4.05. The zero-order valence-corrected chi connectivity index (χ0v) is 18.9. The lowest BCUT2D eigenvalue weighted by atomic mass is 9.87. The first-order chi connectivity index (χ1) is 14.6. The van der Waals surface area contributed by atoms with Gasteiger partial charge in [-0.1, -0.05) is 32.9 Å². The molecule has 1 N–H and O–H groups in total. The van der Waals surface area contributed by atoms with Crippen molar-refractivity contribution in [3.8, 4) is 17.0 Å². The van der Waals surface area contributed by atoms with Crippen LogP contribution in [0.25, 0.3) is 11.3 Å². The molecule has 0 amide bonds. The molecule has 2 aromatic carbocycles. The lowest BCUT2D eigenvalue weighted by molar-refractivity contribution is 0.415. The van der Waals surface area contributed by atoms with Gasteiger partial charge in [-0.25, -0.2) is 17.8 Å². The summed E-state index contributed by atoms with van der Waals surface area (Å²) < 4.78 is 34.1. The van der Waals surface area contributed by atoms with E-state index in [4.69, 9.17) is 4.74 Å². The molecule has 3 aromatic rings. The Morgan fingerprint density at radius 1 is 0.968 bits per heavy atom. The summed E-state index contributed by atoms with van der Waals surface area (Å²) in [5.41, 5.74) is 2.14. The molecule has 0 spiro atoms. The summed E-state index contributed by atoms with van der Waals surface area (Å²) >= 11 is 0. The van der Waals surface area contributed by atoms with Crippen molar-refractivity contribution in [2.75, 3.05) is 13.7 Å². The maximum absolute atomic E-state index is 12.6. The number of aromatic nitrogens is 2. The molecule has 7 nitrogen and oxygen atoms in total. The number of sulfonamides is 1. The highest BCUT2D eigenvalue weighted by Gasteiger charge is 2.17. The van der Waals surface area contributed by atoms with E-state index in [-0.39, 0.29) is 29.0 Å². The maximum atomic E-state index is 12.6. The molecule has 0 saturated heterocycles. The van der Waals surface area contributed by atoms with Gasteiger partial charge in [0, 0.05) is 18.2 Å². The van der Waals surface area contributed by atoms with Crippen molar-refractivity contribution in [2.45, 2.75) is 37.6 Å². The van der Waals surface area contributed by atoms with Gasteiger partial charge in [0.1, 0.15) is 5.75 Å². The normalized spacial score (nSPS) is 12.0. The smallest absolute Gasteiger partial charge is 0.266 e. The molecule has 0 radical (unpaired) electrons. The van der Waals surface area contributed by atoms with Crippen LogP contribution in [0.5, 0.6) is 5.75 Å². The Labute approximate surface area is 182 Å². The molecule has 0 fully saturated rings. The van der Waals surface area contributed by atoms with E-state index in [1.165, 1.54) is 10.7 Å². The molecule has 31 heavy (non-hydrogen) atoms. The van der Waals surface area contributed by atoms with Crippen LogP contribution in [0, 0.1) is 0 Å². The summed E-state index contributed by atoms with van der Waals surface area (Å²) in [6, 6.07) is 17.2. The van der Waals surface area contributed by atoms with Crippen molar-refractivity contribution < 1.29 is 13.2 Å². The SMILES string of the molecule is COc1ccc(-c2ccc(=O)n(CCNS(=O)(=O)c3ccc(C(C)(C)C)cc3)n2)cc1. The van der Waals surface area contributed by atoms with Crippen LogP contribution in [-0.2, 0) is 22.0 Å². The van der Waals surface area contributed by atoms with Gasteiger partial charge in [-0.15, -0.1) is 0 Å². The van der Waals surface area contributed by atoms with Crippen LogP contribution < -0.4 is 15.0 Å². The van der Waals surface area contributed by atoms with Gasteiger partial charge in [0.05, 0.1) is 24.2 Å². The van der Waals surface area contributed by atoms with Crippen LogP contribution in [0.4, 0.5) is 0 Å². The van der Waals surface area contributed by atoms with Gasteiger partial charge >= 0.3 is 0 Å². The van der Waals surface area contributed by atoms with Crippen molar-refractivity contribution in [3.63, 3.8) is 0 Å². The quantitative estimate of drug-likeness (QED) is 0.608. The number of nitrogens with one attached hydrogen (secondary N) is 1. The molecule has 0 bridgehead atoms. The largest absolute Gasteiger partial charge is 0.497 e. The fraction of sp³-hybridized carbons (Fsp3) is 0.304. The maximum Gasteiger partial charge on any atom is 0.266 e. The topological polar surface area (TPSA) is 90.3 Å². The number of hydrogen-bond donors (Lipinski definition) is 1. The first kappa shape index (κ1) is 22.7. The highest BCUT2D eigenvalue weighted by Crippen LogP contribution is 2.23. The second-order valence-corrected chi connectivity index (χ2v) is 9.95. The van der Waals surface area contributed by atoms with Crippen molar-refractivity contribution in [1.29, 1.82) is 0 Å². The Hall–Kier alpha value is -2.97. The van der Waals surface area contributed by atoms with Crippen LogP contribution in [-0.4, -0.2) is 31.9 Å². The Balaban J connectivity index is 1.70.